The smallest absolute Gasteiger partial charge is 0.134 e. The minimum Gasteiger partial charge on any atom is -0.370 e. The highest BCUT2D eigenvalue weighted by Crippen LogP contribution is 2.18. The molecule has 1 aliphatic heterocycles. The van der Waals surface area contributed by atoms with Crippen LogP contribution in [0.1, 0.15) is 19.8 Å². The third kappa shape index (κ3) is 3.06. The summed E-state index contributed by atoms with van der Waals surface area (Å²) in [5.41, 5.74) is 0. The minimum atomic E-state index is 0.535. The van der Waals surface area contributed by atoms with Crippen LogP contribution in [0.4, 0.5) is 11.6 Å². The number of hydrogen-bond donors (Lipinski definition) is 2. The first kappa shape index (κ1) is 12.1. The molecule has 0 amide bonds. The molecule has 2 rings (SSSR count). The van der Waals surface area contributed by atoms with Crippen LogP contribution in [0.2, 0.25) is 0 Å². The predicted molar refractivity (Wildman–Crippen MR) is 70.5 cm³/mol. The van der Waals surface area contributed by atoms with Crippen molar-refractivity contribution in [3.05, 3.63) is 12.4 Å². The quantitative estimate of drug-likeness (QED) is 0.818. The summed E-state index contributed by atoms with van der Waals surface area (Å²) in [6.45, 7) is 5.12. The zero-order valence-electron chi connectivity index (χ0n) is 10.6. The van der Waals surface area contributed by atoms with Crippen LogP contribution in [0.5, 0.6) is 0 Å². The van der Waals surface area contributed by atoms with E-state index in [0.29, 0.717) is 6.04 Å². The zero-order chi connectivity index (χ0) is 12.1. The van der Waals surface area contributed by atoms with Crippen LogP contribution in [0.3, 0.4) is 0 Å². The standard InChI is InChI=1S/C12H21N5/c1-3-14-11-7-12(16-9-15-11)17(2)10-5-4-6-13-8-10/h7,9-10,13H,3-6,8H2,1-2H3,(H,14,15,16). The van der Waals surface area contributed by atoms with E-state index in [1.807, 2.05) is 6.07 Å². The van der Waals surface area contributed by atoms with Crippen molar-refractivity contribution in [2.24, 2.45) is 0 Å². The lowest BCUT2D eigenvalue weighted by Crippen LogP contribution is -2.44. The second kappa shape index (κ2) is 5.82. The average Bonchev–Trinajstić information content (AvgIpc) is 2.40. The van der Waals surface area contributed by atoms with Crippen LogP contribution in [0.15, 0.2) is 12.4 Å². The van der Waals surface area contributed by atoms with Gasteiger partial charge in [0.05, 0.1) is 0 Å². The van der Waals surface area contributed by atoms with E-state index in [2.05, 4.69) is 39.5 Å². The Morgan fingerprint density at radius 1 is 1.53 bits per heavy atom. The normalized spacial score (nSPS) is 20.0. The lowest BCUT2D eigenvalue weighted by molar-refractivity contribution is 0.443. The van der Waals surface area contributed by atoms with Gasteiger partial charge in [-0.15, -0.1) is 0 Å². The van der Waals surface area contributed by atoms with E-state index < -0.39 is 0 Å². The van der Waals surface area contributed by atoms with Crippen LogP contribution < -0.4 is 15.5 Å². The Kier molecular flexibility index (Phi) is 4.14. The minimum absolute atomic E-state index is 0.535. The summed E-state index contributed by atoms with van der Waals surface area (Å²) < 4.78 is 0. The van der Waals surface area contributed by atoms with E-state index in [0.717, 1.165) is 31.3 Å². The van der Waals surface area contributed by atoms with Gasteiger partial charge in [0.25, 0.3) is 0 Å². The maximum Gasteiger partial charge on any atom is 0.134 e. The fraction of sp³-hybridized carbons (Fsp3) is 0.667. The third-order valence-corrected chi connectivity index (χ3v) is 3.19. The molecule has 94 valence electrons. The van der Waals surface area contributed by atoms with E-state index in [9.17, 15) is 0 Å². The Morgan fingerprint density at radius 3 is 3.12 bits per heavy atom. The average molecular weight is 235 g/mol. The molecule has 1 fully saturated rings. The molecule has 17 heavy (non-hydrogen) atoms. The van der Waals surface area contributed by atoms with Crippen LogP contribution in [-0.2, 0) is 0 Å². The van der Waals surface area contributed by atoms with Gasteiger partial charge >= 0.3 is 0 Å². The molecule has 0 aromatic carbocycles. The van der Waals surface area contributed by atoms with Gasteiger partial charge in [0, 0.05) is 32.2 Å². The molecule has 5 heteroatoms. The van der Waals surface area contributed by atoms with Crippen LogP contribution in [0.25, 0.3) is 0 Å². The molecule has 1 saturated heterocycles. The first-order valence-electron chi connectivity index (χ1n) is 6.30. The SMILES string of the molecule is CCNc1cc(N(C)C2CCCNC2)ncn1. The molecular weight excluding hydrogens is 214 g/mol. The second-order valence-electron chi connectivity index (χ2n) is 4.40. The van der Waals surface area contributed by atoms with Crippen molar-refractivity contribution in [3.8, 4) is 0 Å². The zero-order valence-corrected chi connectivity index (χ0v) is 10.6. The van der Waals surface area contributed by atoms with Gasteiger partial charge in [-0.3, -0.25) is 0 Å². The third-order valence-electron chi connectivity index (χ3n) is 3.19. The summed E-state index contributed by atoms with van der Waals surface area (Å²) >= 11 is 0. The highest BCUT2D eigenvalue weighted by molar-refractivity contribution is 5.48. The molecule has 2 heterocycles. The predicted octanol–water partition coefficient (Wildman–Crippen LogP) is 1.10. The van der Waals surface area contributed by atoms with Gasteiger partial charge in [0.15, 0.2) is 0 Å². The van der Waals surface area contributed by atoms with Crippen LogP contribution in [-0.4, -0.2) is 42.7 Å². The van der Waals surface area contributed by atoms with Crippen molar-refractivity contribution in [3.63, 3.8) is 0 Å². The lowest BCUT2D eigenvalue weighted by atomic mass is 10.1. The number of anilines is 2. The Bertz CT molecular complexity index is 349. The summed E-state index contributed by atoms with van der Waals surface area (Å²) in [5.74, 6) is 1.89. The molecule has 1 unspecified atom stereocenters. The van der Waals surface area contributed by atoms with Crippen LogP contribution >= 0.6 is 0 Å². The Labute approximate surface area is 103 Å². The maximum atomic E-state index is 4.34. The van der Waals surface area contributed by atoms with E-state index in [-0.39, 0.29) is 0 Å². The first-order valence-corrected chi connectivity index (χ1v) is 6.30. The molecule has 0 radical (unpaired) electrons. The van der Waals surface area contributed by atoms with Gasteiger partial charge in [-0.1, -0.05) is 0 Å². The number of likely N-dealkylation sites (N-methyl/N-ethyl adjacent to an activating group) is 1. The first-order chi connectivity index (χ1) is 8.31. The van der Waals surface area contributed by atoms with Gasteiger partial charge in [0.1, 0.15) is 18.0 Å². The summed E-state index contributed by atoms with van der Waals surface area (Å²) in [6.07, 6.45) is 4.09. The largest absolute Gasteiger partial charge is 0.370 e. The molecule has 5 nitrogen and oxygen atoms in total. The van der Waals surface area contributed by atoms with Gasteiger partial charge in [0.2, 0.25) is 0 Å². The van der Waals surface area contributed by atoms with Crippen molar-refractivity contribution < 1.29 is 0 Å². The summed E-state index contributed by atoms with van der Waals surface area (Å²) in [7, 11) is 2.11. The van der Waals surface area contributed by atoms with E-state index in [4.69, 9.17) is 0 Å². The van der Waals surface area contributed by atoms with Crippen LogP contribution in [0, 0.1) is 0 Å². The topological polar surface area (TPSA) is 53.1 Å². The molecule has 1 atom stereocenters. The molecule has 0 bridgehead atoms. The Balaban J connectivity index is 2.06. The number of nitrogens with one attached hydrogen (secondary N) is 2. The van der Waals surface area contributed by atoms with Gasteiger partial charge in [-0.25, -0.2) is 9.97 Å². The molecule has 2 N–H and O–H groups in total. The van der Waals surface area contributed by atoms with Crippen molar-refractivity contribution in [2.75, 3.05) is 36.9 Å². The second-order valence-corrected chi connectivity index (χ2v) is 4.40. The molecule has 0 saturated carbocycles. The number of piperidine rings is 1. The van der Waals surface area contributed by atoms with Gasteiger partial charge in [-0.2, -0.15) is 0 Å². The van der Waals surface area contributed by atoms with Crippen molar-refractivity contribution in [1.82, 2.24) is 15.3 Å². The fourth-order valence-corrected chi connectivity index (χ4v) is 2.17. The van der Waals surface area contributed by atoms with Crippen molar-refractivity contribution in [2.45, 2.75) is 25.8 Å². The number of rotatable bonds is 4. The van der Waals surface area contributed by atoms with Crippen molar-refractivity contribution >= 4 is 11.6 Å². The van der Waals surface area contributed by atoms with Gasteiger partial charge in [-0.05, 0) is 26.3 Å². The molecule has 0 spiro atoms. The fourth-order valence-electron chi connectivity index (χ4n) is 2.17. The maximum absolute atomic E-state index is 4.34. The highest BCUT2D eigenvalue weighted by atomic mass is 15.2. The molecule has 1 aromatic rings. The summed E-state index contributed by atoms with van der Waals surface area (Å²) in [4.78, 5) is 10.8. The summed E-state index contributed by atoms with van der Waals surface area (Å²) in [5, 5.41) is 6.64. The monoisotopic (exact) mass is 235 g/mol. The lowest BCUT2D eigenvalue weighted by Gasteiger charge is -2.32. The Morgan fingerprint density at radius 2 is 2.41 bits per heavy atom. The molecule has 1 aliphatic rings. The van der Waals surface area contributed by atoms with E-state index in [1.54, 1.807) is 6.33 Å². The van der Waals surface area contributed by atoms with Crippen molar-refractivity contribution in [1.29, 1.82) is 0 Å². The number of hydrogen-bond acceptors (Lipinski definition) is 5. The highest BCUT2D eigenvalue weighted by Gasteiger charge is 2.18. The Hall–Kier alpha value is -1.36. The number of aromatic nitrogens is 2. The number of nitrogens with zero attached hydrogens (tertiary/aromatic N) is 3. The van der Waals surface area contributed by atoms with E-state index >= 15 is 0 Å². The summed E-state index contributed by atoms with van der Waals surface area (Å²) in [6, 6.07) is 2.55. The van der Waals surface area contributed by atoms with E-state index in [1.165, 1.54) is 12.8 Å². The van der Waals surface area contributed by atoms with Gasteiger partial charge < -0.3 is 15.5 Å². The molecule has 1 aromatic heterocycles. The molecule has 0 aliphatic carbocycles. The molecular formula is C12H21N5.